The van der Waals surface area contributed by atoms with Crippen molar-refractivity contribution in [3.05, 3.63) is 53.0 Å². The van der Waals surface area contributed by atoms with E-state index in [1.54, 1.807) is 30.3 Å². The van der Waals surface area contributed by atoms with Gasteiger partial charge in [-0.05, 0) is 36.4 Å². The molecule has 0 heterocycles. The van der Waals surface area contributed by atoms with E-state index in [9.17, 15) is 9.90 Å². The number of carbonyl (C=O) groups excluding carboxylic acids is 1. The molecule has 0 unspecified atom stereocenters. The highest BCUT2D eigenvalue weighted by molar-refractivity contribution is 9.10. The van der Waals surface area contributed by atoms with Crippen molar-refractivity contribution >= 4 is 27.5 Å². The van der Waals surface area contributed by atoms with Crippen molar-refractivity contribution in [3.63, 3.8) is 0 Å². The van der Waals surface area contributed by atoms with Crippen molar-refractivity contribution in [1.29, 1.82) is 0 Å². The summed E-state index contributed by atoms with van der Waals surface area (Å²) in [6.07, 6.45) is 0. The fraction of sp³-hybridized carbons (Fsp3) is 0.0714. The second-order valence-electron chi connectivity index (χ2n) is 3.81. The van der Waals surface area contributed by atoms with Crippen LogP contribution in [0.15, 0.2) is 53.0 Å². The van der Waals surface area contributed by atoms with Crippen molar-refractivity contribution in [3.8, 4) is 11.5 Å². The van der Waals surface area contributed by atoms with E-state index in [0.717, 1.165) is 4.47 Å². The Bertz CT molecular complexity index is 569. The largest absolute Gasteiger partial charge is 0.506 e. The van der Waals surface area contributed by atoms with E-state index in [1.807, 2.05) is 12.1 Å². The molecule has 0 aliphatic heterocycles. The fourth-order valence-corrected chi connectivity index (χ4v) is 1.71. The molecule has 0 saturated carbocycles. The maximum Gasteiger partial charge on any atom is 0.262 e. The van der Waals surface area contributed by atoms with Gasteiger partial charge in [-0.1, -0.05) is 28.1 Å². The average Bonchev–Trinajstić information content (AvgIpc) is 2.41. The molecule has 1 amide bonds. The molecule has 0 spiro atoms. The molecule has 0 radical (unpaired) electrons. The molecule has 2 rings (SSSR count). The first-order valence-corrected chi connectivity index (χ1v) is 6.40. The third-order valence-corrected chi connectivity index (χ3v) is 2.89. The number of phenolic OH excluding ortho intramolecular Hbond substituents is 1. The number of carbonyl (C=O) groups is 1. The smallest absolute Gasteiger partial charge is 0.262 e. The number of aromatic hydroxyl groups is 1. The molecule has 0 atom stereocenters. The Morgan fingerprint density at radius 1 is 1.16 bits per heavy atom. The van der Waals surface area contributed by atoms with Crippen LogP contribution in [0.5, 0.6) is 11.5 Å². The van der Waals surface area contributed by atoms with Gasteiger partial charge < -0.3 is 15.2 Å². The number of halogens is 1. The van der Waals surface area contributed by atoms with Gasteiger partial charge in [-0.2, -0.15) is 0 Å². The minimum atomic E-state index is -0.329. The molecule has 2 N–H and O–H groups in total. The fourth-order valence-electron chi connectivity index (χ4n) is 1.45. The Hall–Kier alpha value is -2.01. The molecular weight excluding hydrogens is 310 g/mol. The predicted molar refractivity (Wildman–Crippen MR) is 76.4 cm³/mol. The number of para-hydroxylation sites is 2. The molecular formula is C14H12BrNO3. The van der Waals surface area contributed by atoms with Crippen LogP contribution in [0.1, 0.15) is 0 Å². The van der Waals surface area contributed by atoms with E-state index < -0.39 is 0 Å². The highest BCUT2D eigenvalue weighted by atomic mass is 79.9. The highest BCUT2D eigenvalue weighted by Gasteiger charge is 2.06. The quantitative estimate of drug-likeness (QED) is 0.850. The summed E-state index contributed by atoms with van der Waals surface area (Å²) in [6.45, 7) is -0.115. The second kappa shape index (κ2) is 6.24. The number of anilines is 1. The van der Waals surface area contributed by atoms with Crippen LogP contribution < -0.4 is 10.1 Å². The molecule has 0 aliphatic carbocycles. The molecule has 4 nitrogen and oxygen atoms in total. The molecule has 19 heavy (non-hydrogen) atoms. The zero-order chi connectivity index (χ0) is 13.7. The van der Waals surface area contributed by atoms with Gasteiger partial charge in [-0.15, -0.1) is 0 Å². The lowest BCUT2D eigenvalue weighted by atomic mass is 10.3. The number of nitrogens with one attached hydrogen (secondary N) is 1. The van der Waals surface area contributed by atoms with Crippen LogP contribution in [-0.2, 0) is 4.79 Å². The van der Waals surface area contributed by atoms with Crippen LogP contribution >= 0.6 is 15.9 Å². The van der Waals surface area contributed by atoms with Crippen LogP contribution in [0.25, 0.3) is 0 Å². The SMILES string of the molecule is O=C(COc1ccc(Br)cc1)Nc1ccccc1O. The third-order valence-electron chi connectivity index (χ3n) is 2.36. The van der Waals surface area contributed by atoms with Gasteiger partial charge in [0.2, 0.25) is 0 Å². The zero-order valence-corrected chi connectivity index (χ0v) is 11.6. The number of benzene rings is 2. The highest BCUT2D eigenvalue weighted by Crippen LogP contribution is 2.21. The predicted octanol–water partition coefficient (Wildman–Crippen LogP) is 3.17. The van der Waals surface area contributed by atoms with Crippen LogP contribution in [0, 0.1) is 0 Å². The maximum atomic E-state index is 11.6. The van der Waals surface area contributed by atoms with E-state index in [-0.39, 0.29) is 18.3 Å². The average molecular weight is 322 g/mol. The number of phenols is 1. The van der Waals surface area contributed by atoms with Crippen LogP contribution in [-0.4, -0.2) is 17.6 Å². The monoisotopic (exact) mass is 321 g/mol. The first-order chi connectivity index (χ1) is 9.15. The molecule has 0 saturated heterocycles. The Balaban J connectivity index is 1.88. The third kappa shape index (κ3) is 3.99. The van der Waals surface area contributed by atoms with Crippen LogP contribution in [0.4, 0.5) is 5.69 Å². The summed E-state index contributed by atoms with van der Waals surface area (Å²) in [6, 6.07) is 13.7. The van der Waals surface area contributed by atoms with Gasteiger partial charge in [0.05, 0.1) is 5.69 Å². The number of ether oxygens (including phenoxy) is 1. The summed E-state index contributed by atoms with van der Waals surface area (Å²) in [5.41, 5.74) is 0.368. The molecule has 2 aromatic carbocycles. The maximum absolute atomic E-state index is 11.6. The molecule has 0 aliphatic rings. The Morgan fingerprint density at radius 3 is 2.53 bits per heavy atom. The molecule has 0 fully saturated rings. The standard InChI is InChI=1S/C14H12BrNO3/c15-10-5-7-11(8-6-10)19-9-14(18)16-12-3-1-2-4-13(12)17/h1-8,17H,9H2,(H,16,18). The topological polar surface area (TPSA) is 58.6 Å². The Kier molecular flexibility index (Phi) is 4.41. The summed E-state index contributed by atoms with van der Waals surface area (Å²) >= 11 is 3.32. The first-order valence-electron chi connectivity index (χ1n) is 5.61. The van der Waals surface area contributed by atoms with Gasteiger partial charge >= 0.3 is 0 Å². The summed E-state index contributed by atoms with van der Waals surface area (Å²) in [5, 5.41) is 12.1. The molecule has 98 valence electrons. The molecule has 5 heteroatoms. The lowest BCUT2D eigenvalue weighted by Gasteiger charge is -2.08. The lowest BCUT2D eigenvalue weighted by molar-refractivity contribution is -0.118. The van der Waals surface area contributed by atoms with E-state index >= 15 is 0 Å². The van der Waals surface area contributed by atoms with Crippen molar-refractivity contribution in [2.45, 2.75) is 0 Å². The Morgan fingerprint density at radius 2 is 1.84 bits per heavy atom. The number of amides is 1. The molecule has 0 bridgehead atoms. The Labute approximate surface area is 119 Å². The minimum absolute atomic E-state index is 0.0273. The van der Waals surface area contributed by atoms with Gasteiger partial charge in [-0.25, -0.2) is 0 Å². The molecule has 0 aromatic heterocycles. The van der Waals surface area contributed by atoms with Crippen LogP contribution in [0.2, 0.25) is 0 Å². The summed E-state index contributed by atoms with van der Waals surface area (Å²) in [4.78, 5) is 11.6. The number of rotatable bonds is 4. The summed E-state index contributed by atoms with van der Waals surface area (Å²) < 4.78 is 6.26. The summed E-state index contributed by atoms with van der Waals surface area (Å²) in [5.74, 6) is 0.305. The lowest BCUT2D eigenvalue weighted by Crippen LogP contribution is -2.20. The van der Waals surface area contributed by atoms with Gasteiger partial charge in [0, 0.05) is 4.47 Å². The zero-order valence-electron chi connectivity index (χ0n) is 9.97. The normalized spacial score (nSPS) is 9.95. The van der Waals surface area contributed by atoms with E-state index in [4.69, 9.17) is 4.74 Å². The van der Waals surface area contributed by atoms with E-state index in [0.29, 0.717) is 11.4 Å². The van der Waals surface area contributed by atoms with Crippen LogP contribution in [0.3, 0.4) is 0 Å². The number of hydrogen-bond donors (Lipinski definition) is 2. The number of hydrogen-bond acceptors (Lipinski definition) is 3. The first kappa shape index (κ1) is 13.4. The van der Waals surface area contributed by atoms with E-state index in [2.05, 4.69) is 21.2 Å². The van der Waals surface area contributed by atoms with Gasteiger partial charge in [0.25, 0.3) is 5.91 Å². The van der Waals surface area contributed by atoms with Gasteiger partial charge in [0.15, 0.2) is 6.61 Å². The van der Waals surface area contributed by atoms with Crippen molar-refractivity contribution in [2.75, 3.05) is 11.9 Å². The van der Waals surface area contributed by atoms with Crippen molar-refractivity contribution in [2.24, 2.45) is 0 Å². The van der Waals surface area contributed by atoms with Gasteiger partial charge in [0.1, 0.15) is 11.5 Å². The van der Waals surface area contributed by atoms with Crippen molar-refractivity contribution < 1.29 is 14.6 Å². The second-order valence-corrected chi connectivity index (χ2v) is 4.72. The summed E-state index contributed by atoms with van der Waals surface area (Å²) in [7, 11) is 0. The minimum Gasteiger partial charge on any atom is -0.506 e. The van der Waals surface area contributed by atoms with Crippen molar-refractivity contribution in [1.82, 2.24) is 0 Å². The van der Waals surface area contributed by atoms with E-state index in [1.165, 1.54) is 6.07 Å². The molecule has 2 aromatic rings. The van der Waals surface area contributed by atoms with Gasteiger partial charge in [-0.3, -0.25) is 4.79 Å².